The molecule has 0 spiro atoms. The molecule has 1 aliphatic carbocycles. The van der Waals surface area contributed by atoms with E-state index in [2.05, 4.69) is 20.8 Å². The van der Waals surface area contributed by atoms with Gasteiger partial charge in [0.05, 0.1) is 24.3 Å². The zero-order valence-corrected chi connectivity index (χ0v) is 20.9. The summed E-state index contributed by atoms with van der Waals surface area (Å²) in [6.45, 7) is 8.26. The van der Waals surface area contributed by atoms with Crippen molar-refractivity contribution in [2.24, 2.45) is 0 Å². The van der Waals surface area contributed by atoms with E-state index in [0.29, 0.717) is 11.3 Å². The summed E-state index contributed by atoms with van der Waals surface area (Å²) in [5, 5.41) is 11.6. The fourth-order valence-corrected chi connectivity index (χ4v) is 5.26. The second-order valence-electron chi connectivity index (χ2n) is 10.6. The molecule has 1 saturated carbocycles. The monoisotopic (exact) mass is 461 g/mol. The molecule has 1 atom stereocenters. The molecule has 2 fully saturated rings. The van der Waals surface area contributed by atoms with Crippen LogP contribution in [0.2, 0.25) is 0 Å². The number of likely N-dealkylation sites (tertiary alicyclic amines) is 1. The van der Waals surface area contributed by atoms with E-state index in [0.717, 1.165) is 48.8 Å². The SMILES string of the molecule is COc1ccc(C(C)(C)C)cc1/C(O)=C1\C(=O)C(=O)N(C2CCCCC2)C1c1cccc(C)c1. The number of methoxy groups -OCH3 is 1. The molecule has 5 heteroatoms. The number of aliphatic hydroxyl groups is 1. The first-order valence-corrected chi connectivity index (χ1v) is 12.2. The first kappa shape index (κ1) is 24.1. The zero-order chi connectivity index (χ0) is 24.6. The zero-order valence-electron chi connectivity index (χ0n) is 20.9. The molecule has 2 aromatic carbocycles. The number of hydrogen-bond donors (Lipinski definition) is 1. The van der Waals surface area contributed by atoms with Gasteiger partial charge >= 0.3 is 0 Å². The number of ether oxygens (including phenoxy) is 1. The van der Waals surface area contributed by atoms with Crippen molar-refractivity contribution in [3.63, 3.8) is 0 Å². The Hall–Kier alpha value is -3.08. The average molecular weight is 462 g/mol. The lowest BCUT2D eigenvalue weighted by Gasteiger charge is -2.35. The van der Waals surface area contributed by atoms with Gasteiger partial charge in [-0.2, -0.15) is 0 Å². The smallest absolute Gasteiger partial charge is 0.295 e. The van der Waals surface area contributed by atoms with Crippen molar-refractivity contribution < 1.29 is 19.4 Å². The molecule has 2 aromatic rings. The predicted octanol–water partition coefficient (Wildman–Crippen LogP) is 6.06. The van der Waals surface area contributed by atoms with Crippen LogP contribution in [0.15, 0.2) is 48.0 Å². The van der Waals surface area contributed by atoms with Gasteiger partial charge in [0.2, 0.25) is 0 Å². The number of aliphatic hydroxyl groups excluding tert-OH is 1. The van der Waals surface area contributed by atoms with Gasteiger partial charge in [0.15, 0.2) is 0 Å². The molecule has 1 saturated heterocycles. The summed E-state index contributed by atoms with van der Waals surface area (Å²) in [4.78, 5) is 28.6. The second kappa shape index (κ2) is 9.28. The summed E-state index contributed by atoms with van der Waals surface area (Å²) >= 11 is 0. The Kier molecular flexibility index (Phi) is 6.57. The van der Waals surface area contributed by atoms with Gasteiger partial charge < -0.3 is 14.7 Å². The molecule has 1 heterocycles. The highest BCUT2D eigenvalue weighted by atomic mass is 16.5. The molecule has 1 N–H and O–H groups in total. The highest BCUT2D eigenvalue weighted by molar-refractivity contribution is 6.46. The number of amides is 1. The Balaban J connectivity index is 1.94. The van der Waals surface area contributed by atoms with Gasteiger partial charge in [-0.25, -0.2) is 0 Å². The summed E-state index contributed by atoms with van der Waals surface area (Å²) < 4.78 is 5.56. The summed E-state index contributed by atoms with van der Waals surface area (Å²) in [6.07, 6.45) is 4.97. The summed E-state index contributed by atoms with van der Waals surface area (Å²) in [5.41, 5.74) is 3.31. The van der Waals surface area contributed by atoms with Gasteiger partial charge in [-0.15, -0.1) is 0 Å². The number of rotatable bonds is 4. The maximum atomic E-state index is 13.5. The van der Waals surface area contributed by atoms with Crippen molar-refractivity contribution in [2.75, 3.05) is 7.11 Å². The average Bonchev–Trinajstić information content (AvgIpc) is 3.08. The summed E-state index contributed by atoms with van der Waals surface area (Å²) in [5.74, 6) is -0.854. The van der Waals surface area contributed by atoms with Gasteiger partial charge in [-0.3, -0.25) is 9.59 Å². The van der Waals surface area contributed by atoms with Crippen molar-refractivity contribution in [3.8, 4) is 5.75 Å². The third kappa shape index (κ3) is 4.36. The fourth-order valence-electron chi connectivity index (χ4n) is 5.26. The Morgan fingerprint density at radius 3 is 2.35 bits per heavy atom. The molecule has 34 heavy (non-hydrogen) atoms. The predicted molar refractivity (Wildman–Crippen MR) is 134 cm³/mol. The quantitative estimate of drug-likeness (QED) is 0.342. The second-order valence-corrected chi connectivity index (χ2v) is 10.6. The molecule has 5 nitrogen and oxygen atoms in total. The molecule has 0 radical (unpaired) electrons. The molecule has 0 bridgehead atoms. The standard InChI is InChI=1S/C29H35NO4/c1-18-10-9-11-19(16-18)25-24(27(32)28(33)30(25)21-12-7-6-8-13-21)26(31)22-17-20(29(2,3)4)14-15-23(22)34-5/h9-11,14-17,21,25,31H,6-8,12-13H2,1-5H3/b26-24+. The van der Waals surface area contributed by atoms with E-state index in [1.54, 1.807) is 12.0 Å². The molecule has 1 unspecified atom stereocenters. The first-order chi connectivity index (χ1) is 16.1. The molecule has 2 aliphatic rings. The van der Waals surface area contributed by atoms with E-state index in [9.17, 15) is 14.7 Å². The molecular weight excluding hydrogens is 426 g/mol. The van der Waals surface area contributed by atoms with Crippen molar-refractivity contribution in [3.05, 3.63) is 70.3 Å². The van der Waals surface area contributed by atoms with Crippen molar-refractivity contribution in [1.29, 1.82) is 0 Å². The van der Waals surface area contributed by atoms with Gasteiger partial charge in [-0.05, 0) is 48.4 Å². The van der Waals surface area contributed by atoms with E-state index >= 15 is 0 Å². The van der Waals surface area contributed by atoms with E-state index in [4.69, 9.17) is 4.74 Å². The molecule has 0 aromatic heterocycles. The Morgan fingerprint density at radius 2 is 1.74 bits per heavy atom. The van der Waals surface area contributed by atoms with Crippen LogP contribution in [-0.2, 0) is 15.0 Å². The van der Waals surface area contributed by atoms with Gasteiger partial charge in [0.25, 0.3) is 11.7 Å². The van der Waals surface area contributed by atoms with Crippen molar-refractivity contribution in [2.45, 2.75) is 77.3 Å². The Bertz CT molecular complexity index is 1140. The minimum absolute atomic E-state index is 0.0104. The highest BCUT2D eigenvalue weighted by Crippen LogP contribution is 2.44. The van der Waals surface area contributed by atoms with Crippen molar-refractivity contribution in [1.82, 2.24) is 4.90 Å². The summed E-state index contributed by atoms with van der Waals surface area (Å²) in [7, 11) is 1.54. The van der Waals surface area contributed by atoms with Crippen LogP contribution < -0.4 is 4.74 Å². The van der Waals surface area contributed by atoms with E-state index in [1.165, 1.54) is 0 Å². The first-order valence-electron chi connectivity index (χ1n) is 12.2. The number of Topliss-reactive ketones (excluding diaryl/α,β-unsaturated/α-hetero) is 1. The van der Waals surface area contributed by atoms with Crippen LogP contribution in [0.25, 0.3) is 5.76 Å². The van der Waals surface area contributed by atoms with Crippen LogP contribution in [0.3, 0.4) is 0 Å². The van der Waals surface area contributed by atoms with Gasteiger partial charge in [-0.1, -0.05) is 75.9 Å². The minimum atomic E-state index is -0.627. The van der Waals surface area contributed by atoms with Crippen LogP contribution in [0, 0.1) is 6.92 Å². The topological polar surface area (TPSA) is 66.8 Å². The Labute approximate surface area is 202 Å². The number of ketones is 1. The number of nitrogens with zero attached hydrogens (tertiary/aromatic N) is 1. The minimum Gasteiger partial charge on any atom is -0.507 e. The Morgan fingerprint density at radius 1 is 1.03 bits per heavy atom. The lowest BCUT2D eigenvalue weighted by Crippen LogP contribution is -2.40. The van der Waals surface area contributed by atoms with Crippen LogP contribution in [0.4, 0.5) is 0 Å². The van der Waals surface area contributed by atoms with Gasteiger partial charge in [0, 0.05) is 6.04 Å². The molecule has 1 amide bonds. The fraction of sp³-hybridized carbons (Fsp3) is 0.448. The number of carbonyl (C=O) groups is 2. The largest absolute Gasteiger partial charge is 0.507 e. The normalized spacial score (nSPS) is 21.2. The number of benzene rings is 2. The maximum Gasteiger partial charge on any atom is 0.295 e. The van der Waals surface area contributed by atoms with E-state index < -0.39 is 17.7 Å². The maximum absolute atomic E-state index is 13.5. The molecular formula is C29H35NO4. The van der Waals surface area contributed by atoms with Crippen LogP contribution in [0.5, 0.6) is 5.75 Å². The molecule has 180 valence electrons. The van der Waals surface area contributed by atoms with Crippen LogP contribution in [0.1, 0.15) is 81.2 Å². The number of carbonyl (C=O) groups excluding carboxylic acids is 2. The summed E-state index contributed by atoms with van der Waals surface area (Å²) in [6, 6.07) is 12.9. The third-order valence-corrected chi connectivity index (χ3v) is 7.13. The number of hydrogen-bond acceptors (Lipinski definition) is 4. The van der Waals surface area contributed by atoms with Crippen LogP contribution >= 0.6 is 0 Å². The molecule has 1 aliphatic heterocycles. The van der Waals surface area contributed by atoms with E-state index in [1.807, 2.05) is 49.4 Å². The molecule has 4 rings (SSSR count). The number of aryl methyl sites for hydroxylation is 1. The highest BCUT2D eigenvalue weighted by Gasteiger charge is 2.49. The third-order valence-electron chi connectivity index (χ3n) is 7.13. The van der Waals surface area contributed by atoms with E-state index in [-0.39, 0.29) is 22.8 Å². The van der Waals surface area contributed by atoms with Gasteiger partial charge in [0.1, 0.15) is 11.5 Å². The lowest BCUT2D eigenvalue weighted by atomic mass is 9.85. The van der Waals surface area contributed by atoms with Crippen molar-refractivity contribution >= 4 is 17.4 Å². The van der Waals surface area contributed by atoms with Crippen LogP contribution in [-0.4, -0.2) is 34.8 Å². The lowest BCUT2D eigenvalue weighted by molar-refractivity contribution is -0.141.